The Labute approximate surface area is 205 Å². The van der Waals surface area contributed by atoms with Crippen LogP contribution in [0.15, 0.2) is 80.2 Å². The first kappa shape index (κ1) is 22.8. The predicted octanol–water partition coefficient (Wildman–Crippen LogP) is 4.35. The van der Waals surface area contributed by atoms with Crippen LogP contribution in [0.3, 0.4) is 0 Å². The summed E-state index contributed by atoms with van der Waals surface area (Å²) in [6.07, 6.45) is 0.662. The van der Waals surface area contributed by atoms with Crippen molar-refractivity contribution in [3.05, 3.63) is 98.3 Å². The zero-order valence-electron chi connectivity index (χ0n) is 19.4. The van der Waals surface area contributed by atoms with Crippen LogP contribution in [-0.2, 0) is 19.5 Å². The molecular weight excluding hydrogens is 464 g/mol. The molecule has 0 saturated heterocycles. The molecule has 0 N–H and O–H groups in total. The van der Waals surface area contributed by atoms with Gasteiger partial charge in [-0.2, -0.15) is 4.98 Å². The molecule has 0 aliphatic heterocycles. The lowest BCUT2D eigenvalue weighted by atomic mass is 10.1. The number of thiophene rings is 1. The standard InChI is InChI=1S/C26H24N4O4S/c1-17(2)33-20-10-8-19(9-11-20)24-27-22(34-28-24)16-30-21-13-15-35-23(21)25(31)29(26(30)32)14-12-18-6-4-3-5-7-18/h3-11,13,15,17H,12,14,16H2,1-2H3. The maximum Gasteiger partial charge on any atom is 0.332 e. The Balaban J connectivity index is 1.43. The topological polar surface area (TPSA) is 92.2 Å². The number of rotatable bonds is 8. The molecule has 0 aliphatic carbocycles. The monoisotopic (exact) mass is 488 g/mol. The quantitative estimate of drug-likeness (QED) is 0.322. The third kappa shape index (κ3) is 4.81. The second kappa shape index (κ2) is 9.71. The average molecular weight is 489 g/mol. The molecule has 8 nitrogen and oxygen atoms in total. The number of aryl methyl sites for hydroxylation is 1. The third-order valence-corrected chi connectivity index (χ3v) is 6.44. The number of hydrogen-bond donors (Lipinski definition) is 0. The minimum Gasteiger partial charge on any atom is -0.491 e. The molecule has 5 aromatic rings. The molecule has 3 aromatic heterocycles. The van der Waals surface area contributed by atoms with E-state index >= 15 is 0 Å². The van der Waals surface area contributed by atoms with Gasteiger partial charge in [0.15, 0.2) is 0 Å². The molecule has 5 rings (SSSR count). The zero-order chi connectivity index (χ0) is 24.4. The van der Waals surface area contributed by atoms with E-state index in [9.17, 15) is 9.59 Å². The highest BCUT2D eigenvalue weighted by Gasteiger charge is 2.17. The highest BCUT2D eigenvalue weighted by atomic mass is 32.1. The van der Waals surface area contributed by atoms with Crippen molar-refractivity contribution in [2.75, 3.05) is 0 Å². The van der Waals surface area contributed by atoms with Crippen LogP contribution in [0, 0.1) is 0 Å². The summed E-state index contributed by atoms with van der Waals surface area (Å²) in [6.45, 7) is 4.29. The van der Waals surface area contributed by atoms with Crippen LogP contribution in [0.5, 0.6) is 5.75 Å². The van der Waals surface area contributed by atoms with E-state index < -0.39 is 5.69 Å². The fourth-order valence-corrected chi connectivity index (χ4v) is 4.74. The second-order valence-electron chi connectivity index (χ2n) is 8.40. The van der Waals surface area contributed by atoms with Gasteiger partial charge in [-0.25, -0.2) is 4.79 Å². The first-order chi connectivity index (χ1) is 17.0. The fourth-order valence-electron chi connectivity index (χ4n) is 3.90. The van der Waals surface area contributed by atoms with Gasteiger partial charge in [-0.1, -0.05) is 35.5 Å². The summed E-state index contributed by atoms with van der Waals surface area (Å²) in [7, 11) is 0. The Hall–Kier alpha value is -3.98. The summed E-state index contributed by atoms with van der Waals surface area (Å²) in [6, 6.07) is 19.0. The summed E-state index contributed by atoms with van der Waals surface area (Å²) in [5, 5.41) is 5.89. The molecule has 178 valence electrons. The average Bonchev–Trinajstić information content (AvgIpc) is 3.53. The van der Waals surface area contributed by atoms with Crippen LogP contribution in [0.4, 0.5) is 0 Å². The van der Waals surface area contributed by atoms with E-state index in [4.69, 9.17) is 9.26 Å². The smallest absolute Gasteiger partial charge is 0.332 e. The summed E-state index contributed by atoms with van der Waals surface area (Å²) in [5.41, 5.74) is 1.73. The van der Waals surface area contributed by atoms with Crippen molar-refractivity contribution in [3.8, 4) is 17.1 Å². The van der Waals surface area contributed by atoms with Gasteiger partial charge in [-0.3, -0.25) is 13.9 Å². The van der Waals surface area contributed by atoms with Crippen LogP contribution in [0.25, 0.3) is 21.6 Å². The predicted molar refractivity (Wildman–Crippen MR) is 135 cm³/mol. The van der Waals surface area contributed by atoms with Crippen molar-refractivity contribution in [2.24, 2.45) is 0 Å². The SMILES string of the molecule is CC(C)Oc1ccc(-c2noc(Cn3c(=O)n(CCc4ccccc4)c(=O)c4sccc43)n2)cc1. The van der Waals surface area contributed by atoms with Gasteiger partial charge in [-0.15, -0.1) is 11.3 Å². The Kier molecular flexibility index (Phi) is 6.33. The van der Waals surface area contributed by atoms with Crippen molar-refractivity contribution >= 4 is 21.6 Å². The summed E-state index contributed by atoms with van der Waals surface area (Å²) in [4.78, 5) is 30.9. The molecule has 0 radical (unpaired) electrons. The molecule has 0 atom stereocenters. The van der Waals surface area contributed by atoms with E-state index in [1.54, 1.807) is 6.07 Å². The lowest BCUT2D eigenvalue weighted by Crippen LogP contribution is -2.40. The highest BCUT2D eigenvalue weighted by molar-refractivity contribution is 7.17. The van der Waals surface area contributed by atoms with Crippen molar-refractivity contribution < 1.29 is 9.26 Å². The molecule has 0 spiro atoms. The molecule has 0 saturated carbocycles. The number of hydrogen-bond acceptors (Lipinski definition) is 7. The van der Waals surface area contributed by atoms with Crippen LogP contribution in [0.2, 0.25) is 0 Å². The minimum atomic E-state index is -0.397. The van der Waals surface area contributed by atoms with Gasteiger partial charge in [0, 0.05) is 12.1 Å². The van der Waals surface area contributed by atoms with Crippen LogP contribution in [-0.4, -0.2) is 25.4 Å². The van der Waals surface area contributed by atoms with Gasteiger partial charge in [-0.05, 0) is 61.5 Å². The first-order valence-electron chi connectivity index (χ1n) is 11.3. The lowest BCUT2D eigenvalue weighted by molar-refractivity contribution is 0.242. The highest BCUT2D eigenvalue weighted by Crippen LogP contribution is 2.22. The number of benzene rings is 2. The van der Waals surface area contributed by atoms with Crippen molar-refractivity contribution in [2.45, 2.75) is 39.5 Å². The van der Waals surface area contributed by atoms with Crippen LogP contribution >= 0.6 is 11.3 Å². The molecule has 9 heteroatoms. The molecule has 2 aromatic carbocycles. The molecule has 35 heavy (non-hydrogen) atoms. The molecule has 0 fully saturated rings. The molecular formula is C26H24N4O4S. The van der Waals surface area contributed by atoms with Gasteiger partial charge in [0.1, 0.15) is 17.0 Å². The van der Waals surface area contributed by atoms with Crippen LogP contribution in [0.1, 0.15) is 25.3 Å². The Morgan fingerprint density at radius 3 is 2.51 bits per heavy atom. The van der Waals surface area contributed by atoms with E-state index in [-0.39, 0.29) is 30.6 Å². The fraction of sp³-hybridized carbons (Fsp3) is 0.231. The molecule has 0 aliphatic rings. The maximum atomic E-state index is 13.4. The Morgan fingerprint density at radius 1 is 1.00 bits per heavy atom. The van der Waals surface area contributed by atoms with E-state index in [1.165, 1.54) is 20.5 Å². The van der Waals surface area contributed by atoms with Gasteiger partial charge < -0.3 is 9.26 Å². The van der Waals surface area contributed by atoms with Gasteiger partial charge in [0.25, 0.3) is 5.56 Å². The van der Waals surface area contributed by atoms with Crippen LogP contribution < -0.4 is 16.0 Å². The summed E-state index contributed by atoms with van der Waals surface area (Å²) >= 11 is 1.32. The van der Waals surface area contributed by atoms with E-state index in [2.05, 4.69) is 10.1 Å². The van der Waals surface area contributed by atoms with E-state index in [1.807, 2.05) is 73.8 Å². The zero-order valence-corrected chi connectivity index (χ0v) is 20.2. The molecule has 0 bridgehead atoms. The normalized spacial score (nSPS) is 11.4. The minimum absolute atomic E-state index is 0.0687. The molecule has 0 unspecified atom stereocenters. The van der Waals surface area contributed by atoms with Gasteiger partial charge in [0.2, 0.25) is 11.7 Å². The van der Waals surface area contributed by atoms with E-state index in [0.29, 0.717) is 22.5 Å². The van der Waals surface area contributed by atoms with Crippen molar-refractivity contribution in [1.82, 2.24) is 19.3 Å². The Bertz CT molecular complexity index is 1560. The lowest BCUT2D eigenvalue weighted by Gasteiger charge is -2.10. The first-order valence-corrected chi connectivity index (χ1v) is 12.2. The Morgan fingerprint density at radius 2 is 1.77 bits per heavy atom. The van der Waals surface area contributed by atoms with Crippen molar-refractivity contribution in [1.29, 1.82) is 0 Å². The molecule has 0 amide bonds. The largest absolute Gasteiger partial charge is 0.491 e. The second-order valence-corrected chi connectivity index (χ2v) is 9.31. The van der Waals surface area contributed by atoms with E-state index in [0.717, 1.165) is 16.9 Å². The number of nitrogens with zero attached hydrogens (tertiary/aromatic N) is 4. The number of ether oxygens (including phenoxy) is 1. The van der Waals surface area contributed by atoms with Gasteiger partial charge in [0.05, 0.1) is 11.6 Å². The maximum absolute atomic E-state index is 13.4. The number of fused-ring (bicyclic) bond motifs is 1. The van der Waals surface area contributed by atoms with Gasteiger partial charge >= 0.3 is 5.69 Å². The third-order valence-electron chi connectivity index (χ3n) is 5.55. The summed E-state index contributed by atoms with van der Waals surface area (Å²) < 4.78 is 14.5. The summed E-state index contributed by atoms with van der Waals surface area (Å²) in [5.74, 6) is 1.46. The van der Waals surface area contributed by atoms with Crippen molar-refractivity contribution in [3.63, 3.8) is 0 Å². The molecule has 3 heterocycles. The number of aromatic nitrogens is 4.